The first-order valence-corrected chi connectivity index (χ1v) is 15.4. The van der Waals surface area contributed by atoms with Crippen LogP contribution >= 0.6 is 31.9 Å². The van der Waals surface area contributed by atoms with Crippen LogP contribution < -0.4 is 0 Å². The normalized spacial score (nSPS) is 45.6. The van der Waals surface area contributed by atoms with Gasteiger partial charge in [-0.05, 0) is 73.7 Å². The number of rotatable bonds is 5. The number of aliphatic hydroxyl groups is 1. The second-order valence-electron chi connectivity index (χ2n) is 12.1. The van der Waals surface area contributed by atoms with E-state index in [-0.39, 0.29) is 58.5 Å². The number of hydrogen-bond acceptors (Lipinski definition) is 7. The molecule has 9 atom stereocenters. The molecule has 1 aliphatic heterocycles. The van der Waals surface area contributed by atoms with Crippen molar-refractivity contribution in [3.05, 3.63) is 11.6 Å². The third kappa shape index (κ3) is 4.10. The van der Waals surface area contributed by atoms with Crippen LogP contribution in [-0.2, 0) is 28.6 Å². The average Bonchev–Trinajstić information content (AvgIpc) is 3.36. The van der Waals surface area contributed by atoms with E-state index in [9.17, 15) is 19.5 Å². The second kappa shape index (κ2) is 9.67. The summed E-state index contributed by atoms with van der Waals surface area (Å²) >= 11 is 6.39. The highest BCUT2D eigenvalue weighted by Crippen LogP contribution is 2.70. The Morgan fingerprint density at radius 3 is 2.44 bits per heavy atom. The van der Waals surface area contributed by atoms with Gasteiger partial charge in [0.25, 0.3) is 0 Å². The highest BCUT2D eigenvalue weighted by molar-refractivity contribution is 9.09. The standard InChI is InChI=1S/C27H36Br2O7/c1-25-7-5-17(35-22(31)12-28)10-16(25)3-4-19-18(25)6-8-26(2)24(15-9-21(30)34-14-15)20(11-27(19,26)33)36-23(32)13-29/h9,16-20,24,33H,3-8,10-14H2,1-2H3/t16?,17?,18-,19?,20?,24?,25?,26?,27?/m0/s1. The van der Waals surface area contributed by atoms with Crippen molar-refractivity contribution in [2.24, 2.45) is 34.5 Å². The van der Waals surface area contributed by atoms with Crippen molar-refractivity contribution in [1.29, 1.82) is 0 Å². The molecule has 7 nitrogen and oxygen atoms in total. The topological polar surface area (TPSA) is 99.1 Å². The van der Waals surface area contributed by atoms with Crippen LogP contribution in [0.4, 0.5) is 0 Å². The summed E-state index contributed by atoms with van der Waals surface area (Å²) in [5, 5.41) is 12.9. The summed E-state index contributed by atoms with van der Waals surface area (Å²) in [6.07, 6.45) is 7.78. The SMILES string of the molecule is CC12CCC(OC(=O)CBr)CC1CCC1[C@@H]2CCC2(C)C(C3=CC(=O)OC3)C(OC(=O)CBr)CC12O. The minimum atomic E-state index is -1.00. The van der Waals surface area contributed by atoms with Crippen molar-refractivity contribution in [3.63, 3.8) is 0 Å². The summed E-state index contributed by atoms with van der Waals surface area (Å²) in [5.74, 6) is -0.278. The maximum Gasteiger partial charge on any atom is 0.331 e. The molecule has 0 saturated heterocycles. The van der Waals surface area contributed by atoms with Crippen LogP contribution in [0.25, 0.3) is 0 Å². The smallest absolute Gasteiger partial charge is 0.331 e. The highest BCUT2D eigenvalue weighted by atomic mass is 79.9. The molecule has 200 valence electrons. The molecule has 4 fully saturated rings. The first-order chi connectivity index (χ1) is 17.1. The Balaban J connectivity index is 1.43. The molecule has 5 rings (SSSR count). The van der Waals surface area contributed by atoms with Crippen molar-refractivity contribution >= 4 is 49.8 Å². The Morgan fingerprint density at radius 1 is 1.06 bits per heavy atom. The molecule has 0 aromatic carbocycles. The molecule has 0 aromatic rings. The van der Waals surface area contributed by atoms with Gasteiger partial charge >= 0.3 is 17.9 Å². The predicted octanol–water partition coefficient (Wildman–Crippen LogP) is 4.47. The van der Waals surface area contributed by atoms with E-state index in [0.717, 1.165) is 50.5 Å². The van der Waals surface area contributed by atoms with Crippen molar-refractivity contribution in [2.45, 2.75) is 83.0 Å². The number of cyclic esters (lactones) is 1. The van der Waals surface area contributed by atoms with Gasteiger partial charge in [-0.3, -0.25) is 9.59 Å². The summed E-state index contributed by atoms with van der Waals surface area (Å²) in [6, 6.07) is 0. The van der Waals surface area contributed by atoms with Gasteiger partial charge in [0.05, 0.1) is 5.60 Å². The summed E-state index contributed by atoms with van der Waals surface area (Å²) in [7, 11) is 0. The zero-order chi connectivity index (χ0) is 25.9. The number of fused-ring (bicyclic) bond motifs is 5. The van der Waals surface area contributed by atoms with Crippen molar-refractivity contribution < 1.29 is 33.7 Å². The van der Waals surface area contributed by atoms with E-state index in [2.05, 4.69) is 45.7 Å². The number of carbonyl (C=O) groups excluding carboxylic acids is 3. The summed E-state index contributed by atoms with van der Waals surface area (Å²) in [5.41, 5.74) is -0.615. The quantitative estimate of drug-likeness (QED) is 0.272. The molecule has 0 spiro atoms. The Kier molecular flexibility index (Phi) is 7.16. The monoisotopic (exact) mass is 630 g/mol. The van der Waals surface area contributed by atoms with Crippen molar-refractivity contribution in [1.82, 2.24) is 0 Å². The van der Waals surface area contributed by atoms with Crippen LogP contribution in [0.3, 0.4) is 0 Å². The number of alkyl halides is 2. The average molecular weight is 632 g/mol. The number of halogens is 2. The first kappa shape index (κ1) is 26.7. The number of ether oxygens (including phenoxy) is 3. The van der Waals surface area contributed by atoms with Crippen LogP contribution in [0.15, 0.2) is 11.6 Å². The second-order valence-corrected chi connectivity index (χ2v) is 13.2. The van der Waals surface area contributed by atoms with Gasteiger partial charge in [0.1, 0.15) is 29.5 Å². The molecular formula is C27H36Br2O7. The van der Waals surface area contributed by atoms with Gasteiger partial charge in [-0.1, -0.05) is 45.7 Å². The van der Waals surface area contributed by atoms with Gasteiger partial charge in [0.15, 0.2) is 0 Å². The van der Waals surface area contributed by atoms with Crippen LogP contribution in [-0.4, -0.2) is 58.1 Å². The lowest BCUT2D eigenvalue weighted by molar-refractivity contribution is -0.209. The lowest BCUT2D eigenvalue weighted by atomic mass is 9.43. The van der Waals surface area contributed by atoms with E-state index >= 15 is 0 Å². The lowest BCUT2D eigenvalue weighted by Gasteiger charge is -2.63. The maximum absolute atomic E-state index is 12.6. The third-order valence-electron chi connectivity index (χ3n) is 10.7. The van der Waals surface area contributed by atoms with Crippen molar-refractivity contribution in [3.8, 4) is 0 Å². The fraction of sp³-hybridized carbons (Fsp3) is 0.815. The van der Waals surface area contributed by atoms with Gasteiger partial charge in [0.2, 0.25) is 0 Å². The minimum absolute atomic E-state index is 0.0302. The fourth-order valence-corrected chi connectivity index (χ4v) is 9.32. The van der Waals surface area contributed by atoms with Gasteiger partial charge in [-0.2, -0.15) is 0 Å². The number of carbonyl (C=O) groups is 3. The molecule has 0 aromatic heterocycles. The highest BCUT2D eigenvalue weighted by Gasteiger charge is 2.71. The molecular weight excluding hydrogens is 596 g/mol. The maximum atomic E-state index is 12.6. The zero-order valence-electron chi connectivity index (χ0n) is 21.0. The Morgan fingerprint density at radius 2 is 1.78 bits per heavy atom. The van der Waals surface area contributed by atoms with E-state index in [1.807, 2.05) is 0 Å². The van der Waals surface area contributed by atoms with E-state index < -0.39 is 17.1 Å². The predicted molar refractivity (Wildman–Crippen MR) is 138 cm³/mol. The molecule has 36 heavy (non-hydrogen) atoms. The minimum Gasteiger partial charge on any atom is -0.462 e. The summed E-state index contributed by atoms with van der Waals surface area (Å²) in [4.78, 5) is 36.2. The van der Waals surface area contributed by atoms with Crippen LogP contribution in [0.1, 0.15) is 65.2 Å². The molecule has 1 heterocycles. The largest absolute Gasteiger partial charge is 0.462 e. The van der Waals surface area contributed by atoms with Crippen molar-refractivity contribution in [2.75, 3.05) is 17.3 Å². The molecule has 0 bridgehead atoms. The van der Waals surface area contributed by atoms with Crippen LogP contribution in [0, 0.1) is 34.5 Å². The van der Waals surface area contributed by atoms with Gasteiger partial charge in [-0.15, -0.1) is 0 Å². The van der Waals surface area contributed by atoms with Gasteiger partial charge in [-0.25, -0.2) is 4.79 Å². The van der Waals surface area contributed by atoms with Gasteiger partial charge in [0, 0.05) is 23.8 Å². The Bertz CT molecular complexity index is 968. The number of esters is 3. The lowest BCUT2D eigenvalue weighted by Crippen LogP contribution is -2.62. The fourth-order valence-electron chi connectivity index (χ4n) is 9.05. The summed E-state index contributed by atoms with van der Waals surface area (Å²) < 4.78 is 16.8. The van der Waals surface area contributed by atoms with Gasteiger partial charge < -0.3 is 19.3 Å². The van der Waals surface area contributed by atoms with E-state index in [1.165, 1.54) is 6.08 Å². The van der Waals surface area contributed by atoms with Crippen LogP contribution in [0.2, 0.25) is 0 Å². The van der Waals surface area contributed by atoms with E-state index in [4.69, 9.17) is 14.2 Å². The third-order valence-corrected chi connectivity index (χ3v) is 11.6. The van der Waals surface area contributed by atoms with E-state index in [0.29, 0.717) is 18.3 Å². The molecule has 4 saturated carbocycles. The van der Waals surface area contributed by atoms with E-state index in [1.54, 1.807) is 0 Å². The molecule has 0 radical (unpaired) electrons. The number of hydrogen-bond donors (Lipinski definition) is 1. The molecule has 8 unspecified atom stereocenters. The summed E-state index contributed by atoms with van der Waals surface area (Å²) in [6.45, 7) is 4.70. The first-order valence-electron chi connectivity index (χ1n) is 13.2. The molecule has 5 aliphatic rings. The Hall–Kier alpha value is -0.930. The molecule has 0 amide bonds. The zero-order valence-corrected chi connectivity index (χ0v) is 24.1. The van der Waals surface area contributed by atoms with Crippen LogP contribution in [0.5, 0.6) is 0 Å². The molecule has 9 heteroatoms. The molecule has 1 N–H and O–H groups in total. The Labute approximate surface area is 229 Å². The molecule has 4 aliphatic carbocycles.